The molecule has 0 unspecified atom stereocenters. The fourth-order valence-corrected chi connectivity index (χ4v) is 3.34. The van der Waals surface area contributed by atoms with Crippen LogP contribution in [0.15, 0.2) is 29.2 Å². The van der Waals surface area contributed by atoms with Crippen molar-refractivity contribution in [1.82, 2.24) is 9.78 Å². The lowest BCUT2D eigenvalue weighted by molar-refractivity contribution is -0.115. The first-order valence-electron chi connectivity index (χ1n) is 8.18. The van der Waals surface area contributed by atoms with Crippen LogP contribution in [0.2, 0.25) is 0 Å². The number of thioether (sulfide) groups is 1. The van der Waals surface area contributed by atoms with Gasteiger partial charge in [-0.05, 0) is 43.9 Å². The van der Waals surface area contributed by atoms with Crippen molar-refractivity contribution in [3.63, 3.8) is 0 Å². The van der Waals surface area contributed by atoms with E-state index in [1.165, 1.54) is 5.56 Å². The number of carbonyl (C=O) groups excluding carboxylic acids is 1. The van der Waals surface area contributed by atoms with E-state index in [1.807, 2.05) is 27.8 Å². The lowest BCUT2D eigenvalue weighted by Crippen LogP contribution is -2.23. The van der Waals surface area contributed by atoms with Gasteiger partial charge in [0.25, 0.3) is 0 Å². The number of nitrogens with one attached hydrogen (secondary N) is 1. The third-order valence-corrected chi connectivity index (χ3v) is 5.27. The van der Waals surface area contributed by atoms with Gasteiger partial charge in [0.2, 0.25) is 5.91 Å². The van der Waals surface area contributed by atoms with Gasteiger partial charge in [-0.3, -0.25) is 9.48 Å². The molecule has 0 aliphatic carbocycles. The first kappa shape index (κ1) is 18.6. The predicted octanol–water partition coefficient (Wildman–Crippen LogP) is 4.45. The van der Waals surface area contributed by atoms with Crippen LogP contribution in [0.1, 0.15) is 44.6 Å². The second-order valence-electron chi connectivity index (χ2n) is 7.19. The summed E-state index contributed by atoms with van der Waals surface area (Å²) in [5, 5.41) is 7.17. The molecule has 0 spiro atoms. The molecule has 2 rings (SSSR count). The summed E-state index contributed by atoms with van der Waals surface area (Å²) in [5.41, 5.74) is 4.06. The molecule has 4 nitrogen and oxygen atoms in total. The van der Waals surface area contributed by atoms with Gasteiger partial charge in [-0.1, -0.05) is 32.9 Å². The van der Waals surface area contributed by atoms with Crippen LogP contribution in [-0.2, 0) is 17.3 Å². The molecule has 0 bridgehead atoms. The van der Waals surface area contributed by atoms with Gasteiger partial charge in [-0.15, -0.1) is 11.8 Å². The van der Waals surface area contributed by atoms with Crippen molar-refractivity contribution in [2.45, 2.75) is 57.1 Å². The maximum absolute atomic E-state index is 12.5. The first-order valence-corrected chi connectivity index (χ1v) is 9.06. The minimum Gasteiger partial charge on any atom is -0.322 e. The average Bonchev–Trinajstić information content (AvgIpc) is 2.73. The van der Waals surface area contributed by atoms with Gasteiger partial charge < -0.3 is 5.32 Å². The van der Waals surface area contributed by atoms with E-state index in [2.05, 4.69) is 55.5 Å². The number of carbonyl (C=O) groups is 1. The third-order valence-electron chi connectivity index (χ3n) is 4.16. The summed E-state index contributed by atoms with van der Waals surface area (Å²) in [6.07, 6.45) is 0. The zero-order chi connectivity index (χ0) is 18.1. The minimum atomic E-state index is -0.176. The molecule has 2 aromatic rings. The Morgan fingerprint density at radius 2 is 1.79 bits per heavy atom. The van der Waals surface area contributed by atoms with Gasteiger partial charge in [-0.2, -0.15) is 5.10 Å². The van der Waals surface area contributed by atoms with E-state index in [0.717, 1.165) is 22.0 Å². The highest BCUT2D eigenvalue weighted by molar-refractivity contribution is 8.00. The zero-order valence-electron chi connectivity index (χ0n) is 15.6. The minimum absolute atomic E-state index is 0.000835. The van der Waals surface area contributed by atoms with E-state index in [0.29, 0.717) is 0 Å². The Morgan fingerprint density at radius 3 is 2.25 bits per heavy atom. The molecule has 130 valence electrons. The monoisotopic (exact) mass is 345 g/mol. The van der Waals surface area contributed by atoms with E-state index in [4.69, 9.17) is 0 Å². The first-order chi connectivity index (χ1) is 11.1. The highest BCUT2D eigenvalue weighted by Crippen LogP contribution is 2.29. The quantitative estimate of drug-likeness (QED) is 0.833. The summed E-state index contributed by atoms with van der Waals surface area (Å²) < 4.78 is 1.79. The van der Waals surface area contributed by atoms with Crippen LogP contribution in [0.25, 0.3) is 0 Å². The van der Waals surface area contributed by atoms with Gasteiger partial charge in [0.05, 0.1) is 22.3 Å². The molecule has 1 atom stereocenters. The summed E-state index contributed by atoms with van der Waals surface area (Å²) in [6.45, 7) is 12.4. The van der Waals surface area contributed by atoms with Crippen LogP contribution in [0.5, 0.6) is 0 Å². The van der Waals surface area contributed by atoms with Crippen molar-refractivity contribution in [2.24, 2.45) is 7.05 Å². The largest absolute Gasteiger partial charge is 0.322 e. The lowest BCUT2D eigenvalue weighted by atomic mass is 9.87. The van der Waals surface area contributed by atoms with Crippen molar-refractivity contribution < 1.29 is 4.79 Å². The van der Waals surface area contributed by atoms with Crippen molar-refractivity contribution in [1.29, 1.82) is 0 Å². The molecule has 1 aromatic heterocycles. The molecule has 0 fully saturated rings. The summed E-state index contributed by atoms with van der Waals surface area (Å²) in [6, 6.07) is 8.47. The highest BCUT2D eigenvalue weighted by atomic mass is 32.2. The number of hydrogen-bond acceptors (Lipinski definition) is 3. The highest BCUT2D eigenvalue weighted by Gasteiger charge is 2.19. The smallest absolute Gasteiger partial charge is 0.237 e. The van der Waals surface area contributed by atoms with Gasteiger partial charge in [0.15, 0.2) is 0 Å². The Balaban J connectivity index is 2.04. The van der Waals surface area contributed by atoms with Crippen LogP contribution in [0.4, 0.5) is 5.69 Å². The molecule has 5 heteroatoms. The van der Waals surface area contributed by atoms with E-state index in [-0.39, 0.29) is 16.6 Å². The van der Waals surface area contributed by atoms with Crippen LogP contribution in [-0.4, -0.2) is 20.9 Å². The van der Waals surface area contributed by atoms with Gasteiger partial charge in [0.1, 0.15) is 0 Å². The van der Waals surface area contributed by atoms with Crippen molar-refractivity contribution in [3.8, 4) is 0 Å². The Kier molecular flexibility index (Phi) is 5.43. The summed E-state index contributed by atoms with van der Waals surface area (Å²) >= 11 is 1.57. The molecule has 1 N–H and O–H groups in total. The summed E-state index contributed by atoms with van der Waals surface area (Å²) in [4.78, 5) is 13.6. The molecule has 1 aromatic carbocycles. The lowest BCUT2D eigenvalue weighted by Gasteiger charge is -2.19. The Bertz CT molecular complexity index is 726. The molecule has 0 aliphatic heterocycles. The van der Waals surface area contributed by atoms with Crippen LogP contribution < -0.4 is 5.32 Å². The molecule has 0 saturated carbocycles. The SMILES string of the molecule is Cc1nn(C)c(C)c1NC(=O)[C@H](C)Sc1ccc(C(C)(C)C)cc1. The molecule has 24 heavy (non-hydrogen) atoms. The van der Waals surface area contributed by atoms with Crippen molar-refractivity contribution in [2.75, 3.05) is 5.32 Å². The molecule has 1 heterocycles. The van der Waals surface area contributed by atoms with Gasteiger partial charge in [-0.25, -0.2) is 0 Å². The molecule has 1 amide bonds. The Hall–Kier alpha value is -1.75. The molecule has 0 radical (unpaired) electrons. The second kappa shape index (κ2) is 7.01. The van der Waals surface area contributed by atoms with Crippen LogP contribution in [0, 0.1) is 13.8 Å². The molecule has 0 saturated heterocycles. The van der Waals surface area contributed by atoms with E-state index in [9.17, 15) is 4.79 Å². The molecule has 0 aliphatic rings. The fraction of sp³-hybridized carbons (Fsp3) is 0.474. The van der Waals surface area contributed by atoms with Gasteiger partial charge in [0, 0.05) is 11.9 Å². The number of aryl methyl sites for hydroxylation is 2. The van der Waals surface area contributed by atoms with Crippen LogP contribution >= 0.6 is 11.8 Å². The summed E-state index contributed by atoms with van der Waals surface area (Å²) in [5.74, 6) is -0.000835. The number of aromatic nitrogens is 2. The Labute approximate surface area is 149 Å². The number of anilines is 1. The number of amides is 1. The van der Waals surface area contributed by atoms with E-state index >= 15 is 0 Å². The predicted molar refractivity (Wildman–Crippen MR) is 102 cm³/mol. The van der Waals surface area contributed by atoms with Crippen molar-refractivity contribution >= 4 is 23.4 Å². The second-order valence-corrected chi connectivity index (χ2v) is 8.61. The maximum Gasteiger partial charge on any atom is 0.237 e. The third kappa shape index (κ3) is 4.20. The van der Waals surface area contributed by atoms with E-state index < -0.39 is 0 Å². The number of benzene rings is 1. The summed E-state index contributed by atoms with van der Waals surface area (Å²) in [7, 11) is 1.88. The van der Waals surface area contributed by atoms with Crippen LogP contribution in [0.3, 0.4) is 0 Å². The van der Waals surface area contributed by atoms with Gasteiger partial charge >= 0.3 is 0 Å². The standard InChI is InChI=1S/C19H27N3OS/c1-12-17(13(2)22(7)21-12)20-18(23)14(3)24-16-10-8-15(9-11-16)19(4,5)6/h8-11,14H,1-7H3,(H,20,23)/t14-/m0/s1. The Morgan fingerprint density at radius 1 is 1.21 bits per heavy atom. The molecular formula is C19H27N3OS. The normalized spacial score (nSPS) is 13.0. The fourth-order valence-electron chi connectivity index (χ4n) is 2.47. The number of nitrogens with zero attached hydrogens (tertiary/aromatic N) is 2. The average molecular weight is 346 g/mol. The number of rotatable bonds is 4. The molecular weight excluding hydrogens is 318 g/mol. The maximum atomic E-state index is 12.5. The number of hydrogen-bond donors (Lipinski definition) is 1. The van der Waals surface area contributed by atoms with E-state index in [1.54, 1.807) is 16.4 Å². The van der Waals surface area contributed by atoms with Crippen molar-refractivity contribution in [3.05, 3.63) is 41.2 Å². The zero-order valence-corrected chi connectivity index (χ0v) is 16.4. The topological polar surface area (TPSA) is 46.9 Å².